The van der Waals surface area contributed by atoms with Gasteiger partial charge in [-0.1, -0.05) is 0 Å². The monoisotopic (exact) mass is 316 g/mol. The number of hydrazine groups is 1. The summed E-state index contributed by atoms with van der Waals surface area (Å²) in [5.41, 5.74) is 2.15. The molecule has 2 rings (SSSR count). The third-order valence-corrected chi connectivity index (χ3v) is 5.40. The average Bonchev–Trinajstić information content (AvgIpc) is 2.85. The van der Waals surface area contributed by atoms with Crippen molar-refractivity contribution in [2.24, 2.45) is 5.84 Å². The Hall–Kier alpha value is -1.75. The molecule has 0 radical (unpaired) electrons. The number of nitro groups is 1. The van der Waals surface area contributed by atoms with E-state index in [1.165, 1.54) is 13.0 Å². The number of rotatable bonds is 4. The molecule has 1 fully saturated rings. The summed E-state index contributed by atoms with van der Waals surface area (Å²) in [5.74, 6) is 5.21. The van der Waals surface area contributed by atoms with Crippen LogP contribution in [-0.4, -0.2) is 41.9 Å². The fourth-order valence-electron chi connectivity index (χ4n) is 2.29. The molecule has 0 saturated carbocycles. The van der Waals surface area contributed by atoms with Gasteiger partial charge in [-0.2, -0.15) is 4.31 Å². The maximum absolute atomic E-state index is 12.5. The van der Waals surface area contributed by atoms with Crippen LogP contribution in [-0.2, 0) is 10.0 Å². The third-order valence-electron chi connectivity index (χ3n) is 3.39. The summed E-state index contributed by atoms with van der Waals surface area (Å²) in [5, 5.41) is 20.5. The minimum absolute atomic E-state index is 0.00748. The molecule has 1 atom stereocenters. The van der Waals surface area contributed by atoms with Gasteiger partial charge in [0.25, 0.3) is 5.69 Å². The van der Waals surface area contributed by atoms with E-state index in [4.69, 9.17) is 5.84 Å². The van der Waals surface area contributed by atoms with Crippen molar-refractivity contribution in [2.45, 2.75) is 24.3 Å². The lowest BCUT2D eigenvalue weighted by atomic mass is 10.2. The lowest BCUT2D eigenvalue weighted by Gasteiger charge is -2.17. The molecule has 0 aliphatic carbocycles. The summed E-state index contributed by atoms with van der Waals surface area (Å²) < 4.78 is 26.2. The maximum Gasteiger partial charge on any atom is 0.295 e. The lowest BCUT2D eigenvalue weighted by Crippen LogP contribution is -2.30. The highest BCUT2D eigenvalue weighted by atomic mass is 32.2. The highest BCUT2D eigenvalue weighted by molar-refractivity contribution is 7.89. The molecule has 1 aliphatic heterocycles. The highest BCUT2D eigenvalue weighted by Gasteiger charge is 2.34. The molecule has 116 valence electrons. The number of benzene rings is 1. The molecular formula is C11H16N4O5S. The van der Waals surface area contributed by atoms with E-state index in [9.17, 15) is 23.6 Å². The number of aliphatic hydroxyl groups excluding tert-OH is 1. The summed E-state index contributed by atoms with van der Waals surface area (Å²) in [7, 11) is -3.88. The number of nitrogens with two attached hydrogens (primary N) is 1. The molecule has 1 saturated heterocycles. The van der Waals surface area contributed by atoms with E-state index in [1.54, 1.807) is 0 Å². The van der Waals surface area contributed by atoms with Crippen molar-refractivity contribution >= 4 is 21.4 Å². The summed E-state index contributed by atoms with van der Waals surface area (Å²) in [6.07, 6.45) is -0.358. The molecule has 1 aromatic rings. The smallest absolute Gasteiger partial charge is 0.295 e. The Kier molecular flexibility index (Phi) is 4.14. The van der Waals surface area contributed by atoms with Gasteiger partial charge in [0.05, 0.1) is 15.9 Å². The van der Waals surface area contributed by atoms with Crippen LogP contribution in [0.25, 0.3) is 0 Å². The number of hydrogen-bond acceptors (Lipinski definition) is 7. The van der Waals surface area contributed by atoms with Crippen molar-refractivity contribution in [1.29, 1.82) is 0 Å². The van der Waals surface area contributed by atoms with Gasteiger partial charge >= 0.3 is 0 Å². The molecule has 0 aromatic heterocycles. The van der Waals surface area contributed by atoms with Gasteiger partial charge in [0, 0.05) is 19.2 Å². The van der Waals surface area contributed by atoms with Gasteiger partial charge in [0.1, 0.15) is 5.69 Å². The Morgan fingerprint density at radius 2 is 2.19 bits per heavy atom. The molecule has 4 N–H and O–H groups in total. The second kappa shape index (κ2) is 5.56. The van der Waals surface area contributed by atoms with Crippen LogP contribution in [0.1, 0.15) is 12.0 Å². The Balaban J connectivity index is 2.53. The molecule has 1 aliphatic rings. The number of nitrogens with one attached hydrogen (secondary N) is 1. The average molecular weight is 316 g/mol. The van der Waals surface area contributed by atoms with E-state index in [0.717, 1.165) is 10.4 Å². The molecule has 1 heterocycles. The van der Waals surface area contributed by atoms with Crippen LogP contribution in [0.4, 0.5) is 11.4 Å². The molecule has 10 heteroatoms. The van der Waals surface area contributed by atoms with Gasteiger partial charge in [-0.3, -0.25) is 16.0 Å². The fourth-order valence-corrected chi connectivity index (χ4v) is 4.01. The van der Waals surface area contributed by atoms with Crippen molar-refractivity contribution in [3.05, 3.63) is 27.8 Å². The highest BCUT2D eigenvalue weighted by Crippen LogP contribution is 2.32. The first-order valence-electron chi connectivity index (χ1n) is 6.21. The first kappa shape index (κ1) is 15.6. The van der Waals surface area contributed by atoms with Crippen LogP contribution in [0.2, 0.25) is 0 Å². The van der Waals surface area contributed by atoms with Crippen molar-refractivity contribution in [3.63, 3.8) is 0 Å². The minimum atomic E-state index is -3.88. The Labute approximate surface area is 121 Å². The second-order valence-electron chi connectivity index (χ2n) is 4.84. The zero-order valence-electron chi connectivity index (χ0n) is 11.3. The van der Waals surface area contributed by atoms with E-state index < -0.39 is 26.7 Å². The number of aliphatic hydroxyl groups is 1. The van der Waals surface area contributed by atoms with Gasteiger partial charge < -0.3 is 10.5 Å². The Bertz CT molecular complexity index is 675. The largest absolute Gasteiger partial charge is 0.392 e. The molecule has 9 nitrogen and oxygen atoms in total. The number of nitro benzene ring substituents is 1. The van der Waals surface area contributed by atoms with Gasteiger partial charge in [-0.05, 0) is 25.0 Å². The second-order valence-corrected chi connectivity index (χ2v) is 6.75. The third kappa shape index (κ3) is 2.83. The SMILES string of the molecule is Cc1cc(NN)c([N+](=O)[O-])cc1S(=O)(=O)N1CCC(O)C1. The first-order chi connectivity index (χ1) is 9.77. The summed E-state index contributed by atoms with van der Waals surface area (Å²) in [6, 6.07) is 2.31. The van der Waals surface area contributed by atoms with Crippen LogP contribution < -0.4 is 11.3 Å². The van der Waals surface area contributed by atoms with Crippen molar-refractivity contribution in [3.8, 4) is 0 Å². The van der Waals surface area contributed by atoms with Crippen LogP contribution in [0, 0.1) is 17.0 Å². The summed E-state index contributed by atoms with van der Waals surface area (Å²) in [4.78, 5) is 10.2. The van der Waals surface area contributed by atoms with E-state index in [-0.39, 0.29) is 23.7 Å². The lowest BCUT2D eigenvalue weighted by molar-refractivity contribution is -0.384. The van der Waals surface area contributed by atoms with E-state index in [0.29, 0.717) is 12.0 Å². The number of hydrogen-bond donors (Lipinski definition) is 3. The Morgan fingerprint density at radius 1 is 1.52 bits per heavy atom. The zero-order chi connectivity index (χ0) is 15.8. The van der Waals surface area contributed by atoms with Gasteiger partial charge in [-0.25, -0.2) is 8.42 Å². The summed E-state index contributed by atoms with van der Waals surface area (Å²) >= 11 is 0. The quantitative estimate of drug-likeness (QED) is 0.402. The number of β-amino-alcohol motifs (C(OH)–C–C–N with tert-alkyl or cyclic N) is 1. The number of anilines is 1. The van der Waals surface area contributed by atoms with E-state index in [1.807, 2.05) is 0 Å². The molecule has 0 bridgehead atoms. The Morgan fingerprint density at radius 3 is 2.67 bits per heavy atom. The van der Waals surface area contributed by atoms with Crippen LogP contribution in [0.5, 0.6) is 0 Å². The molecule has 1 aromatic carbocycles. The van der Waals surface area contributed by atoms with Crippen molar-refractivity contribution < 1.29 is 18.4 Å². The van der Waals surface area contributed by atoms with Gasteiger partial charge in [0.15, 0.2) is 0 Å². The molecule has 0 spiro atoms. The van der Waals surface area contributed by atoms with Crippen LogP contribution in [0.15, 0.2) is 17.0 Å². The maximum atomic E-state index is 12.5. The summed E-state index contributed by atoms with van der Waals surface area (Å²) in [6.45, 7) is 1.71. The van der Waals surface area contributed by atoms with Crippen molar-refractivity contribution in [1.82, 2.24) is 4.31 Å². The first-order valence-corrected chi connectivity index (χ1v) is 7.65. The van der Waals surface area contributed by atoms with E-state index >= 15 is 0 Å². The minimum Gasteiger partial charge on any atom is -0.392 e. The number of nitrogens with zero attached hydrogens (tertiary/aromatic N) is 2. The fraction of sp³-hybridized carbons (Fsp3) is 0.455. The van der Waals surface area contributed by atoms with Gasteiger partial charge in [0.2, 0.25) is 10.0 Å². The molecule has 1 unspecified atom stereocenters. The number of aryl methyl sites for hydroxylation is 1. The van der Waals surface area contributed by atoms with Gasteiger partial charge in [-0.15, -0.1) is 0 Å². The number of nitrogen functional groups attached to an aromatic ring is 1. The standard InChI is InChI=1S/C11H16N4O5S/c1-7-4-9(13-12)10(15(17)18)5-11(7)21(19,20)14-3-2-8(16)6-14/h4-5,8,13,16H,2-3,6,12H2,1H3. The zero-order valence-corrected chi connectivity index (χ0v) is 12.1. The molecule has 0 amide bonds. The number of sulfonamides is 1. The predicted octanol–water partition coefficient (Wildman–Crippen LogP) is -0.0559. The predicted molar refractivity (Wildman–Crippen MR) is 75.0 cm³/mol. The molecular weight excluding hydrogens is 300 g/mol. The van der Waals surface area contributed by atoms with E-state index in [2.05, 4.69) is 5.43 Å². The van der Waals surface area contributed by atoms with Crippen molar-refractivity contribution in [2.75, 3.05) is 18.5 Å². The van der Waals surface area contributed by atoms with Crippen LogP contribution in [0.3, 0.4) is 0 Å². The normalized spacial score (nSPS) is 19.7. The molecule has 21 heavy (non-hydrogen) atoms. The van der Waals surface area contributed by atoms with Crippen LogP contribution >= 0.6 is 0 Å². The topological polar surface area (TPSA) is 139 Å².